The highest BCUT2D eigenvalue weighted by atomic mass is 16.5. The summed E-state index contributed by atoms with van der Waals surface area (Å²) in [6.45, 7) is 1.48. The van der Waals surface area contributed by atoms with Crippen molar-refractivity contribution in [1.82, 2.24) is 16.2 Å². The van der Waals surface area contributed by atoms with Crippen LogP contribution in [0.3, 0.4) is 0 Å². The van der Waals surface area contributed by atoms with Gasteiger partial charge in [0.25, 0.3) is 5.91 Å². The number of hydrogen-bond donors (Lipinski definition) is 4. The number of hydrazine groups is 1. The van der Waals surface area contributed by atoms with E-state index in [1.807, 2.05) is 36.4 Å². The van der Waals surface area contributed by atoms with E-state index in [-0.39, 0.29) is 12.5 Å². The van der Waals surface area contributed by atoms with Gasteiger partial charge < -0.3 is 15.2 Å². The largest absolute Gasteiger partial charge is 0.496 e. The second-order valence-electron chi connectivity index (χ2n) is 6.03. The third-order valence-electron chi connectivity index (χ3n) is 4.45. The average molecular weight is 341 g/mol. The molecule has 4 N–H and O–H groups in total. The molecule has 0 aromatic heterocycles. The maximum atomic E-state index is 12.6. The molecule has 1 atom stereocenters. The molecule has 6 heteroatoms. The van der Waals surface area contributed by atoms with E-state index in [0.717, 1.165) is 24.2 Å². The molecule has 6 nitrogen and oxygen atoms in total. The van der Waals surface area contributed by atoms with Crippen molar-refractivity contribution in [1.29, 1.82) is 0 Å². The minimum Gasteiger partial charge on any atom is -0.496 e. The highest BCUT2D eigenvalue weighted by Gasteiger charge is 2.22. The van der Waals surface area contributed by atoms with Gasteiger partial charge in [0, 0.05) is 24.6 Å². The highest BCUT2D eigenvalue weighted by Crippen LogP contribution is 2.28. The second-order valence-corrected chi connectivity index (χ2v) is 6.03. The van der Waals surface area contributed by atoms with Gasteiger partial charge in [-0.15, -0.1) is 0 Å². The number of aliphatic hydroxyl groups is 1. The van der Waals surface area contributed by atoms with Gasteiger partial charge >= 0.3 is 0 Å². The topological polar surface area (TPSA) is 82.6 Å². The first-order chi connectivity index (χ1) is 12.2. The first-order valence-electron chi connectivity index (χ1n) is 8.33. The lowest BCUT2D eigenvalue weighted by atomic mass is 9.97. The van der Waals surface area contributed by atoms with Gasteiger partial charge in [-0.1, -0.05) is 36.4 Å². The second kappa shape index (κ2) is 8.11. The van der Waals surface area contributed by atoms with Gasteiger partial charge in [-0.05, 0) is 23.3 Å². The molecule has 2 aromatic rings. The number of nitrogens with one attached hydrogen (secondary N) is 3. The number of carbonyl (C=O) groups is 1. The van der Waals surface area contributed by atoms with Gasteiger partial charge in [-0.2, -0.15) is 0 Å². The normalized spacial score (nSPS) is 15.8. The van der Waals surface area contributed by atoms with Crippen molar-refractivity contribution in [2.24, 2.45) is 0 Å². The quantitative estimate of drug-likeness (QED) is 0.638. The molecule has 0 bridgehead atoms. The van der Waals surface area contributed by atoms with E-state index < -0.39 is 6.04 Å². The Labute approximate surface area is 147 Å². The molecule has 2 aromatic carbocycles. The molecular formula is C19H23N3O3. The van der Waals surface area contributed by atoms with Crippen LogP contribution in [0, 0.1) is 0 Å². The number of benzene rings is 2. The lowest BCUT2D eigenvalue weighted by molar-refractivity contribution is 0.0916. The standard InChI is InChI=1S/C19H23N3O3/c1-25-18-9-14(7-8-16(18)15-10-20-21-11-15)19(24)22-17(12-23)13-5-3-2-4-6-13/h2-9,15,17,20-21,23H,10-12H2,1H3,(H,22,24)/t17-/m1/s1. The van der Waals surface area contributed by atoms with Crippen LogP contribution in [-0.2, 0) is 0 Å². The summed E-state index contributed by atoms with van der Waals surface area (Å²) in [6.07, 6.45) is 0. The fraction of sp³-hybridized carbons (Fsp3) is 0.316. The monoisotopic (exact) mass is 341 g/mol. The van der Waals surface area contributed by atoms with Crippen LogP contribution in [-0.4, -0.2) is 37.8 Å². The fourth-order valence-electron chi connectivity index (χ4n) is 3.03. The zero-order valence-electron chi connectivity index (χ0n) is 14.2. The number of hydrogen-bond acceptors (Lipinski definition) is 5. The van der Waals surface area contributed by atoms with Crippen molar-refractivity contribution in [3.05, 3.63) is 65.2 Å². The number of aliphatic hydroxyl groups excluding tert-OH is 1. The van der Waals surface area contributed by atoms with Crippen molar-refractivity contribution in [3.63, 3.8) is 0 Å². The molecule has 0 saturated carbocycles. The Kier molecular flexibility index (Phi) is 5.65. The van der Waals surface area contributed by atoms with Gasteiger partial charge in [0.05, 0.1) is 19.8 Å². The third-order valence-corrected chi connectivity index (χ3v) is 4.45. The average Bonchev–Trinajstić information content (AvgIpc) is 3.20. The van der Waals surface area contributed by atoms with Crippen LogP contribution in [0.2, 0.25) is 0 Å². The van der Waals surface area contributed by atoms with Crippen molar-refractivity contribution >= 4 is 5.91 Å². The van der Waals surface area contributed by atoms with Crippen molar-refractivity contribution in [3.8, 4) is 5.75 Å². The van der Waals surface area contributed by atoms with Crippen LogP contribution in [0.1, 0.15) is 33.4 Å². The van der Waals surface area contributed by atoms with Crippen LogP contribution >= 0.6 is 0 Å². The minimum atomic E-state index is -0.442. The summed E-state index contributed by atoms with van der Waals surface area (Å²) in [6, 6.07) is 14.5. The molecule has 3 rings (SSSR count). The number of methoxy groups -OCH3 is 1. The number of carbonyl (C=O) groups excluding carboxylic acids is 1. The molecule has 1 fully saturated rings. The molecular weight excluding hydrogens is 318 g/mol. The number of ether oxygens (including phenoxy) is 1. The fourth-order valence-corrected chi connectivity index (χ4v) is 3.03. The maximum Gasteiger partial charge on any atom is 0.251 e. The van der Waals surface area contributed by atoms with E-state index in [1.54, 1.807) is 19.2 Å². The number of rotatable bonds is 6. The zero-order valence-corrected chi connectivity index (χ0v) is 14.2. The van der Waals surface area contributed by atoms with Crippen molar-refractivity contribution in [2.45, 2.75) is 12.0 Å². The Hall–Kier alpha value is -2.41. The molecule has 0 radical (unpaired) electrons. The summed E-state index contributed by atoms with van der Waals surface area (Å²) in [5, 5.41) is 12.5. The highest BCUT2D eigenvalue weighted by molar-refractivity contribution is 5.95. The summed E-state index contributed by atoms with van der Waals surface area (Å²) >= 11 is 0. The van der Waals surface area contributed by atoms with Crippen LogP contribution in [0.5, 0.6) is 5.75 Å². The van der Waals surface area contributed by atoms with Gasteiger partial charge in [-0.25, -0.2) is 0 Å². The minimum absolute atomic E-state index is 0.162. The molecule has 0 unspecified atom stereocenters. The predicted octanol–water partition coefficient (Wildman–Crippen LogP) is 1.35. The molecule has 1 aliphatic rings. The molecule has 0 spiro atoms. The van der Waals surface area contributed by atoms with Crippen LogP contribution < -0.4 is 20.9 Å². The zero-order chi connectivity index (χ0) is 17.6. The summed E-state index contributed by atoms with van der Waals surface area (Å²) in [5.74, 6) is 0.764. The van der Waals surface area contributed by atoms with Crippen LogP contribution in [0.15, 0.2) is 48.5 Å². The first-order valence-corrected chi connectivity index (χ1v) is 8.33. The molecule has 132 valence electrons. The predicted molar refractivity (Wildman–Crippen MR) is 95.5 cm³/mol. The Morgan fingerprint density at radius 2 is 1.96 bits per heavy atom. The van der Waals surface area contributed by atoms with Crippen LogP contribution in [0.4, 0.5) is 0 Å². The summed E-state index contributed by atoms with van der Waals surface area (Å²) in [7, 11) is 1.61. The van der Waals surface area contributed by atoms with Crippen molar-refractivity contribution < 1.29 is 14.6 Å². The lowest BCUT2D eigenvalue weighted by Gasteiger charge is -2.18. The third kappa shape index (κ3) is 3.99. The van der Waals surface area contributed by atoms with Gasteiger partial charge in [-0.3, -0.25) is 15.6 Å². The molecule has 1 heterocycles. The summed E-state index contributed by atoms with van der Waals surface area (Å²) < 4.78 is 5.48. The summed E-state index contributed by atoms with van der Waals surface area (Å²) in [5.41, 5.74) is 8.64. The van der Waals surface area contributed by atoms with Gasteiger partial charge in [0.2, 0.25) is 0 Å². The van der Waals surface area contributed by atoms with Crippen LogP contribution in [0.25, 0.3) is 0 Å². The number of amides is 1. The van der Waals surface area contributed by atoms with E-state index in [0.29, 0.717) is 17.2 Å². The smallest absolute Gasteiger partial charge is 0.251 e. The van der Waals surface area contributed by atoms with E-state index in [1.165, 1.54) is 0 Å². The van der Waals surface area contributed by atoms with E-state index >= 15 is 0 Å². The van der Waals surface area contributed by atoms with E-state index in [9.17, 15) is 9.90 Å². The molecule has 1 amide bonds. The molecule has 1 saturated heterocycles. The molecule has 25 heavy (non-hydrogen) atoms. The van der Waals surface area contributed by atoms with E-state index in [4.69, 9.17) is 4.74 Å². The van der Waals surface area contributed by atoms with Gasteiger partial charge in [0.15, 0.2) is 0 Å². The maximum absolute atomic E-state index is 12.6. The lowest BCUT2D eigenvalue weighted by Crippen LogP contribution is -2.30. The SMILES string of the molecule is COc1cc(C(=O)N[C@H](CO)c2ccccc2)ccc1C1CNNC1. The molecule has 1 aliphatic heterocycles. The molecule has 0 aliphatic carbocycles. The Morgan fingerprint density at radius 1 is 1.24 bits per heavy atom. The van der Waals surface area contributed by atoms with E-state index in [2.05, 4.69) is 16.2 Å². The first kappa shape index (κ1) is 17.4. The van der Waals surface area contributed by atoms with Gasteiger partial charge in [0.1, 0.15) is 5.75 Å². The Bertz CT molecular complexity index is 715. The Morgan fingerprint density at radius 3 is 2.60 bits per heavy atom. The van der Waals surface area contributed by atoms with Crippen molar-refractivity contribution in [2.75, 3.05) is 26.8 Å². The summed E-state index contributed by atoms with van der Waals surface area (Å²) in [4.78, 5) is 12.6. The Balaban J connectivity index is 1.77.